The number of likely N-dealkylation sites (N-methyl/N-ethyl adjacent to an activating group) is 3. The summed E-state index contributed by atoms with van der Waals surface area (Å²) >= 11 is 0. The van der Waals surface area contributed by atoms with E-state index in [0.29, 0.717) is 58.7 Å². The van der Waals surface area contributed by atoms with E-state index in [0.717, 1.165) is 147 Å². The fourth-order valence-corrected chi connectivity index (χ4v) is 10.2. The standard InChI is InChI=1S/3C26H37NO4/c3*1-5-6-7-12-26(28)31-24(19-27(2)3)20-30-25-11-9-8-10-22(25)16-13-21-14-17-23(29-4)18-15-21/h3*8-11,14-15,17-18,24H,5-7,12-13,16,19-20H2,1-4H3/t2*24-;/m10./s1. The van der Waals surface area contributed by atoms with Crippen molar-refractivity contribution < 1.29 is 57.0 Å². The zero-order valence-electron chi connectivity index (χ0n) is 58.3. The van der Waals surface area contributed by atoms with Crippen molar-refractivity contribution in [2.75, 3.05) is 103 Å². The first-order valence-corrected chi connectivity index (χ1v) is 33.6. The molecule has 510 valence electrons. The Morgan fingerprint density at radius 3 is 0.806 bits per heavy atom. The minimum atomic E-state index is -0.293. The lowest BCUT2D eigenvalue weighted by molar-refractivity contribution is -0.152. The van der Waals surface area contributed by atoms with Gasteiger partial charge in [-0.1, -0.05) is 150 Å². The lowest BCUT2D eigenvalue weighted by Gasteiger charge is -2.22. The molecule has 6 aromatic carbocycles. The molecule has 0 bridgehead atoms. The Hall–Kier alpha value is -7.59. The second-order valence-electron chi connectivity index (χ2n) is 24.3. The van der Waals surface area contributed by atoms with Crippen molar-refractivity contribution in [3.63, 3.8) is 0 Å². The number of rotatable bonds is 42. The second kappa shape index (κ2) is 46.5. The van der Waals surface area contributed by atoms with Gasteiger partial charge in [-0.05, 0) is 188 Å². The molecule has 0 radical (unpaired) electrons. The number of para-hydroxylation sites is 3. The summed E-state index contributed by atoms with van der Waals surface area (Å²) < 4.78 is 51.2. The molecule has 0 aliphatic heterocycles. The van der Waals surface area contributed by atoms with E-state index >= 15 is 0 Å². The molecule has 0 fully saturated rings. The number of hydrogen-bond acceptors (Lipinski definition) is 15. The Balaban J connectivity index is 0.000000297. The molecule has 0 heterocycles. The van der Waals surface area contributed by atoms with E-state index in [2.05, 4.69) is 75.4 Å². The van der Waals surface area contributed by atoms with Gasteiger partial charge < -0.3 is 57.3 Å². The molecule has 6 aromatic rings. The maximum Gasteiger partial charge on any atom is 0.306 e. The van der Waals surface area contributed by atoms with Gasteiger partial charge in [0.1, 0.15) is 72.6 Å². The van der Waals surface area contributed by atoms with E-state index in [9.17, 15) is 14.4 Å². The average Bonchev–Trinajstić information content (AvgIpc) is 2.00. The number of unbranched alkanes of at least 4 members (excludes halogenated alkanes) is 6. The zero-order valence-corrected chi connectivity index (χ0v) is 58.3. The van der Waals surface area contributed by atoms with E-state index < -0.39 is 0 Å². The molecule has 0 saturated heterocycles. The Bertz CT molecular complexity index is 2640. The molecular weight excluding hydrogens is 1170 g/mol. The van der Waals surface area contributed by atoms with Crippen LogP contribution in [-0.4, -0.2) is 154 Å². The van der Waals surface area contributed by atoms with Crippen molar-refractivity contribution in [2.24, 2.45) is 0 Å². The van der Waals surface area contributed by atoms with Gasteiger partial charge in [0.2, 0.25) is 0 Å². The predicted octanol–water partition coefficient (Wildman–Crippen LogP) is 14.7. The molecule has 0 spiro atoms. The first-order chi connectivity index (χ1) is 45.0. The molecule has 0 aliphatic carbocycles. The molecule has 15 nitrogen and oxygen atoms in total. The van der Waals surface area contributed by atoms with E-state index in [1.807, 2.05) is 148 Å². The van der Waals surface area contributed by atoms with Crippen LogP contribution in [0.2, 0.25) is 0 Å². The number of methoxy groups -OCH3 is 3. The predicted molar refractivity (Wildman–Crippen MR) is 375 cm³/mol. The third-order valence-electron chi connectivity index (χ3n) is 15.3. The lowest BCUT2D eigenvalue weighted by atomic mass is 10.0. The highest BCUT2D eigenvalue weighted by atomic mass is 16.6. The van der Waals surface area contributed by atoms with Crippen molar-refractivity contribution in [1.29, 1.82) is 0 Å². The van der Waals surface area contributed by atoms with E-state index in [1.54, 1.807) is 21.3 Å². The van der Waals surface area contributed by atoms with Crippen molar-refractivity contribution >= 4 is 17.9 Å². The maximum absolute atomic E-state index is 12.2. The van der Waals surface area contributed by atoms with Crippen molar-refractivity contribution in [3.05, 3.63) is 179 Å². The van der Waals surface area contributed by atoms with Gasteiger partial charge >= 0.3 is 17.9 Å². The van der Waals surface area contributed by atoms with Crippen LogP contribution in [0.1, 0.15) is 131 Å². The van der Waals surface area contributed by atoms with Gasteiger partial charge in [-0.3, -0.25) is 14.4 Å². The summed E-state index contributed by atoms with van der Waals surface area (Å²) in [6, 6.07) is 48.7. The molecular formula is C78H111N3O12. The number of carbonyl (C=O) groups excluding carboxylic acids is 3. The van der Waals surface area contributed by atoms with Crippen LogP contribution in [0, 0.1) is 0 Å². The number of ether oxygens (including phenoxy) is 9. The summed E-state index contributed by atoms with van der Waals surface area (Å²) in [6.45, 7) is 9.31. The van der Waals surface area contributed by atoms with Crippen LogP contribution < -0.4 is 28.4 Å². The summed E-state index contributed by atoms with van der Waals surface area (Å²) in [7, 11) is 16.9. The molecule has 6 rings (SSSR count). The number of esters is 3. The number of benzene rings is 6. The smallest absolute Gasteiger partial charge is 0.306 e. The van der Waals surface area contributed by atoms with E-state index in [4.69, 9.17) is 42.6 Å². The van der Waals surface area contributed by atoms with Crippen LogP contribution in [-0.2, 0) is 67.1 Å². The van der Waals surface area contributed by atoms with Gasteiger partial charge in [-0.2, -0.15) is 0 Å². The SMILES string of the molecule is CCCCCC(=O)OC(COc1ccccc1CCc1ccc(OC)cc1)CN(C)C.CCCCCC(=O)O[C@@H](COc1ccccc1CCc1ccc(OC)cc1)CN(C)C.CCCCCC(=O)O[C@H](COc1ccccc1CCc1ccc(OC)cc1)CN(C)C. The summed E-state index contributed by atoms with van der Waals surface area (Å²) in [5.41, 5.74) is 7.20. The Morgan fingerprint density at radius 2 is 0.581 bits per heavy atom. The Labute approximate surface area is 558 Å². The zero-order chi connectivity index (χ0) is 67.4. The van der Waals surface area contributed by atoms with Crippen LogP contribution in [0.15, 0.2) is 146 Å². The number of nitrogens with zero attached hydrogens (tertiary/aromatic N) is 3. The Kier molecular flexibility index (Phi) is 38.9. The minimum Gasteiger partial charge on any atom is -0.497 e. The quantitative estimate of drug-likeness (QED) is 0.0203. The van der Waals surface area contributed by atoms with Gasteiger partial charge in [0.05, 0.1) is 21.3 Å². The summed E-state index contributed by atoms with van der Waals surface area (Å²) in [5, 5.41) is 0. The summed E-state index contributed by atoms with van der Waals surface area (Å²) in [6.07, 6.45) is 14.9. The molecule has 1 unspecified atom stereocenters. The van der Waals surface area contributed by atoms with Gasteiger partial charge in [-0.15, -0.1) is 0 Å². The topological polar surface area (TPSA) is 144 Å². The molecule has 0 N–H and O–H groups in total. The first kappa shape index (κ1) is 77.9. The average molecular weight is 1280 g/mol. The summed E-state index contributed by atoms with van der Waals surface area (Å²) in [4.78, 5) is 42.6. The highest BCUT2D eigenvalue weighted by molar-refractivity contribution is 5.70. The van der Waals surface area contributed by atoms with Crippen LogP contribution in [0.25, 0.3) is 0 Å². The number of hydrogen-bond donors (Lipinski definition) is 0. The first-order valence-electron chi connectivity index (χ1n) is 33.6. The van der Waals surface area contributed by atoms with Crippen LogP contribution in [0.3, 0.4) is 0 Å². The monoisotopic (exact) mass is 1280 g/mol. The van der Waals surface area contributed by atoms with E-state index in [1.165, 1.54) is 16.7 Å². The van der Waals surface area contributed by atoms with Crippen LogP contribution >= 0.6 is 0 Å². The molecule has 0 saturated carbocycles. The van der Waals surface area contributed by atoms with Crippen molar-refractivity contribution in [1.82, 2.24) is 14.7 Å². The van der Waals surface area contributed by atoms with Crippen LogP contribution in [0.4, 0.5) is 0 Å². The number of aryl methyl sites for hydroxylation is 6. The molecule has 15 heteroatoms. The fraction of sp³-hybridized carbons (Fsp3) is 0.500. The second-order valence-corrected chi connectivity index (χ2v) is 24.3. The van der Waals surface area contributed by atoms with Gasteiger partial charge in [0, 0.05) is 38.9 Å². The van der Waals surface area contributed by atoms with Crippen LogP contribution in [0.5, 0.6) is 34.5 Å². The van der Waals surface area contributed by atoms with Gasteiger partial charge in [0.25, 0.3) is 0 Å². The molecule has 93 heavy (non-hydrogen) atoms. The minimum absolute atomic E-state index is 0.142. The van der Waals surface area contributed by atoms with Gasteiger partial charge in [-0.25, -0.2) is 0 Å². The largest absolute Gasteiger partial charge is 0.497 e. The highest BCUT2D eigenvalue weighted by Crippen LogP contribution is 2.25. The fourth-order valence-electron chi connectivity index (χ4n) is 10.2. The maximum atomic E-state index is 12.2. The van der Waals surface area contributed by atoms with Gasteiger partial charge in [0.15, 0.2) is 0 Å². The third-order valence-corrected chi connectivity index (χ3v) is 15.3. The summed E-state index contributed by atoms with van der Waals surface area (Å²) in [5.74, 6) is 4.71. The van der Waals surface area contributed by atoms with E-state index in [-0.39, 0.29) is 36.2 Å². The number of carbonyl (C=O) groups is 3. The molecule has 3 atom stereocenters. The normalized spacial score (nSPS) is 11.9. The molecule has 0 amide bonds. The Morgan fingerprint density at radius 1 is 0.333 bits per heavy atom. The lowest BCUT2D eigenvalue weighted by Crippen LogP contribution is -2.35. The highest BCUT2D eigenvalue weighted by Gasteiger charge is 2.21. The third kappa shape index (κ3) is 33.7. The molecule has 0 aliphatic rings. The van der Waals surface area contributed by atoms with Crippen molar-refractivity contribution in [2.45, 2.75) is 155 Å². The molecule has 0 aromatic heterocycles. The van der Waals surface area contributed by atoms with Crippen molar-refractivity contribution in [3.8, 4) is 34.5 Å².